The topological polar surface area (TPSA) is 111 Å². The van der Waals surface area contributed by atoms with Crippen LogP contribution in [0.2, 0.25) is 5.02 Å². The number of hydrogen-bond donors (Lipinski definition) is 1. The van der Waals surface area contributed by atoms with Crippen molar-refractivity contribution in [2.75, 3.05) is 32.6 Å². The first-order valence-corrected chi connectivity index (χ1v) is 11.2. The number of nitrogen functional groups attached to an aromatic ring is 1. The molecule has 0 spiro atoms. The van der Waals surface area contributed by atoms with Crippen molar-refractivity contribution in [2.24, 2.45) is 0 Å². The second kappa shape index (κ2) is 10.2. The molecule has 2 aromatic carbocycles. The number of halogens is 1. The molecule has 9 nitrogen and oxygen atoms in total. The highest BCUT2D eigenvalue weighted by atomic mass is 35.5. The molecule has 1 aromatic heterocycles. The van der Waals surface area contributed by atoms with Crippen LogP contribution in [-0.4, -0.2) is 70.5 Å². The normalized spacial score (nSPS) is 18.4. The number of piperazine rings is 1. The molecule has 1 unspecified atom stereocenters. The number of aromatic nitrogens is 2. The van der Waals surface area contributed by atoms with Crippen molar-refractivity contribution in [3.8, 4) is 5.75 Å². The standard InChI is InChI=1S/C24H26ClN5O4/c1-15-10-30(22(31)13-34-18-5-3-4-17(25)9-18)21(12-33-2)24(32)29(15)11-16-6-7-19-20(8-16)27-14-28-23(19)26/h3-9,14-15,21H,10-13H2,1-2H3,(H2,26,27,28)/t15?,21-/m1/s1. The number of amides is 2. The number of nitrogens with two attached hydrogens (primary N) is 1. The molecule has 0 aliphatic carbocycles. The van der Waals surface area contributed by atoms with Crippen LogP contribution in [-0.2, 0) is 20.9 Å². The number of anilines is 1. The summed E-state index contributed by atoms with van der Waals surface area (Å²) in [7, 11) is 1.51. The van der Waals surface area contributed by atoms with Gasteiger partial charge in [0, 0.05) is 36.7 Å². The minimum absolute atomic E-state index is 0.0897. The molecule has 2 atom stereocenters. The number of benzene rings is 2. The van der Waals surface area contributed by atoms with Crippen molar-refractivity contribution in [1.82, 2.24) is 19.8 Å². The summed E-state index contributed by atoms with van der Waals surface area (Å²) in [5.74, 6) is 0.426. The van der Waals surface area contributed by atoms with Gasteiger partial charge in [0.05, 0.1) is 12.1 Å². The van der Waals surface area contributed by atoms with E-state index in [1.807, 2.05) is 25.1 Å². The summed E-state index contributed by atoms with van der Waals surface area (Å²) in [4.78, 5) is 38.0. The van der Waals surface area contributed by atoms with Crippen molar-refractivity contribution in [3.63, 3.8) is 0 Å². The monoisotopic (exact) mass is 483 g/mol. The second-order valence-corrected chi connectivity index (χ2v) is 8.63. The van der Waals surface area contributed by atoms with E-state index in [9.17, 15) is 9.59 Å². The fourth-order valence-electron chi connectivity index (χ4n) is 4.08. The maximum Gasteiger partial charge on any atom is 0.261 e. The zero-order valence-electron chi connectivity index (χ0n) is 19.0. The number of rotatable bonds is 7. The molecule has 1 aliphatic heterocycles. The van der Waals surface area contributed by atoms with E-state index in [2.05, 4.69) is 9.97 Å². The van der Waals surface area contributed by atoms with Gasteiger partial charge >= 0.3 is 0 Å². The predicted molar refractivity (Wildman–Crippen MR) is 128 cm³/mol. The molecular formula is C24H26ClN5O4. The van der Waals surface area contributed by atoms with E-state index < -0.39 is 6.04 Å². The number of methoxy groups -OCH3 is 1. The van der Waals surface area contributed by atoms with Gasteiger partial charge in [-0.05, 0) is 42.8 Å². The summed E-state index contributed by atoms with van der Waals surface area (Å²) in [6.07, 6.45) is 1.42. The summed E-state index contributed by atoms with van der Waals surface area (Å²) in [6, 6.07) is 11.5. The summed E-state index contributed by atoms with van der Waals surface area (Å²) in [5.41, 5.74) is 7.54. The van der Waals surface area contributed by atoms with E-state index in [4.69, 9.17) is 26.8 Å². The second-order valence-electron chi connectivity index (χ2n) is 8.19. The molecule has 1 fully saturated rings. The molecule has 4 rings (SSSR count). The van der Waals surface area contributed by atoms with Crippen LogP contribution >= 0.6 is 11.6 Å². The third-order valence-electron chi connectivity index (χ3n) is 5.83. The Labute approximate surface area is 202 Å². The fraction of sp³-hybridized carbons (Fsp3) is 0.333. The Bertz CT molecular complexity index is 1210. The van der Waals surface area contributed by atoms with Crippen LogP contribution in [0.15, 0.2) is 48.8 Å². The van der Waals surface area contributed by atoms with E-state index in [1.165, 1.54) is 18.3 Å². The highest BCUT2D eigenvalue weighted by Gasteiger charge is 2.41. The van der Waals surface area contributed by atoms with Gasteiger partial charge in [0.15, 0.2) is 6.61 Å². The largest absolute Gasteiger partial charge is 0.484 e. The van der Waals surface area contributed by atoms with Gasteiger partial charge in [0.1, 0.15) is 23.9 Å². The van der Waals surface area contributed by atoms with Gasteiger partial charge in [0.25, 0.3) is 5.91 Å². The first-order chi connectivity index (χ1) is 16.4. The third kappa shape index (κ3) is 5.05. The van der Waals surface area contributed by atoms with Gasteiger partial charge in [0.2, 0.25) is 5.91 Å². The van der Waals surface area contributed by atoms with Gasteiger partial charge in [-0.3, -0.25) is 9.59 Å². The van der Waals surface area contributed by atoms with Crippen molar-refractivity contribution in [3.05, 3.63) is 59.4 Å². The van der Waals surface area contributed by atoms with E-state index in [0.717, 1.165) is 10.9 Å². The Morgan fingerprint density at radius 2 is 2.06 bits per heavy atom. The lowest BCUT2D eigenvalue weighted by Gasteiger charge is -2.44. The maximum atomic E-state index is 13.4. The highest BCUT2D eigenvalue weighted by Crippen LogP contribution is 2.24. The van der Waals surface area contributed by atoms with E-state index in [1.54, 1.807) is 29.2 Å². The molecule has 1 saturated heterocycles. The SMILES string of the molecule is COC[C@@H]1C(=O)N(Cc2ccc3c(N)ncnc3c2)C(C)CN1C(=O)COc1cccc(Cl)c1. The molecule has 3 aromatic rings. The number of carbonyl (C=O) groups is 2. The van der Waals surface area contributed by atoms with E-state index >= 15 is 0 Å². The molecule has 178 valence electrons. The Morgan fingerprint density at radius 3 is 2.82 bits per heavy atom. The molecule has 1 aliphatic rings. The summed E-state index contributed by atoms with van der Waals surface area (Å²) in [6.45, 7) is 2.54. The van der Waals surface area contributed by atoms with Gasteiger partial charge in [-0.1, -0.05) is 23.7 Å². The minimum Gasteiger partial charge on any atom is -0.484 e. The van der Waals surface area contributed by atoms with Crippen LogP contribution in [0.3, 0.4) is 0 Å². The Hall–Kier alpha value is -3.43. The van der Waals surface area contributed by atoms with Crippen LogP contribution in [0.1, 0.15) is 12.5 Å². The molecule has 34 heavy (non-hydrogen) atoms. The number of nitrogens with zero attached hydrogens (tertiary/aromatic N) is 4. The summed E-state index contributed by atoms with van der Waals surface area (Å²) >= 11 is 5.98. The molecule has 0 radical (unpaired) electrons. The molecular weight excluding hydrogens is 458 g/mol. The zero-order chi connectivity index (χ0) is 24.2. The molecule has 0 saturated carbocycles. The lowest BCUT2D eigenvalue weighted by atomic mass is 10.0. The van der Waals surface area contributed by atoms with Gasteiger partial charge < -0.3 is 25.0 Å². The Morgan fingerprint density at radius 1 is 1.24 bits per heavy atom. The van der Waals surface area contributed by atoms with Gasteiger partial charge in [-0.15, -0.1) is 0 Å². The average molecular weight is 484 g/mol. The van der Waals surface area contributed by atoms with Crippen LogP contribution in [0, 0.1) is 0 Å². The van der Waals surface area contributed by atoms with E-state index in [-0.39, 0.29) is 31.1 Å². The number of ether oxygens (including phenoxy) is 2. The van der Waals surface area contributed by atoms with Crippen molar-refractivity contribution in [2.45, 2.75) is 25.6 Å². The van der Waals surface area contributed by atoms with Crippen molar-refractivity contribution in [1.29, 1.82) is 0 Å². The van der Waals surface area contributed by atoms with Crippen molar-refractivity contribution >= 4 is 40.1 Å². The lowest BCUT2D eigenvalue weighted by molar-refractivity contribution is -0.159. The zero-order valence-corrected chi connectivity index (χ0v) is 19.7. The number of carbonyl (C=O) groups excluding carboxylic acids is 2. The van der Waals surface area contributed by atoms with Gasteiger partial charge in [-0.25, -0.2) is 9.97 Å². The van der Waals surface area contributed by atoms with E-state index in [0.29, 0.717) is 35.2 Å². The average Bonchev–Trinajstić information content (AvgIpc) is 2.82. The molecule has 2 heterocycles. The Kier molecular flexibility index (Phi) is 7.14. The smallest absolute Gasteiger partial charge is 0.261 e. The third-order valence-corrected chi connectivity index (χ3v) is 6.06. The van der Waals surface area contributed by atoms with Crippen LogP contribution in [0.25, 0.3) is 10.9 Å². The minimum atomic E-state index is -0.741. The molecule has 10 heteroatoms. The quantitative estimate of drug-likeness (QED) is 0.549. The molecule has 0 bridgehead atoms. The molecule has 2 amide bonds. The lowest BCUT2D eigenvalue weighted by Crippen LogP contribution is -2.63. The number of hydrogen-bond acceptors (Lipinski definition) is 7. The fourth-order valence-corrected chi connectivity index (χ4v) is 4.26. The van der Waals surface area contributed by atoms with Crippen LogP contribution in [0.5, 0.6) is 5.75 Å². The molecule has 2 N–H and O–H groups in total. The Balaban J connectivity index is 1.49. The van der Waals surface area contributed by atoms with Crippen LogP contribution in [0.4, 0.5) is 5.82 Å². The first kappa shape index (κ1) is 23.7. The van der Waals surface area contributed by atoms with Crippen molar-refractivity contribution < 1.29 is 19.1 Å². The predicted octanol–water partition coefficient (Wildman–Crippen LogP) is 2.52. The van der Waals surface area contributed by atoms with Crippen LogP contribution < -0.4 is 10.5 Å². The summed E-state index contributed by atoms with van der Waals surface area (Å²) in [5, 5.41) is 1.28. The maximum absolute atomic E-state index is 13.4. The number of fused-ring (bicyclic) bond motifs is 1. The van der Waals surface area contributed by atoms with Gasteiger partial charge in [-0.2, -0.15) is 0 Å². The first-order valence-electron chi connectivity index (χ1n) is 10.8. The highest BCUT2D eigenvalue weighted by molar-refractivity contribution is 6.30. The summed E-state index contributed by atoms with van der Waals surface area (Å²) < 4.78 is 10.9.